The van der Waals surface area contributed by atoms with Crippen LogP contribution in [0.15, 0.2) is 58.2 Å². The van der Waals surface area contributed by atoms with Crippen molar-refractivity contribution in [3.8, 4) is 0 Å². The molecular formula is C17H16N4O4S. The number of sulfonamides is 1. The fourth-order valence-electron chi connectivity index (χ4n) is 2.34. The molecule has 0 aliphatic heterocycles. The first-order valence-electron chi connectivity index (χ1n) is 7.62. The third kappa shape index (κ3) is 3.90. The van der Waals surface area contributed by atoms with Crippen LogP contribution in [0.2, 0.25) is 0 Å². The second-order valence-corrected chi connectivity index (χ2v) is 7.33. The Morgan fingerprint density at radius 1 is 1.04 bits per heavy atom. The number of hydrogen-bond acceptors (Lipinski definition) is 4. The SMILES string of the molecule is CNS(=O)(=O)c1ccc(/C=C/C(=O)Nc2ccc3[nH]c(=O)[nH]c3c2)cc1. The highest BCUT2D eigenvalue weighted by atomic mass is 32.2. The number of imidazole rings is 1. The second-order valence-electron chi connectivity index (χ2n) is 5.44. The third-order valence-electron chi connectivity index (χ3n) is 3.67. The van der Waals surface area contributed by atoms with E-state index in [9.17, 15) is 18.0 Å². The van der Waals surface area contributed by atoms with Crippen molar-refractivity contribution < 1.29 is 13.2 Å². The first kappa shape index (κ1) is 17.6. The molecule has 0 bridgehead atoms. The summed E-state index contributed by atoms with van der Waals surface area (Å²) in [6.45, 7) is 0. The lowest BCUT2D eigenvalue weighted by atomic mass is 10.2. The largest absolute Gasteiger partial charge is 0.323 e. The Hall–Kier alpha value is -3.17. The minimum atomic E-state index is -3.48. The number of amides is 1. The summed E-state index contributed by atoms with van der Waals surface area (Å²) in [6.07, 6.45) is 2.91. The zero-order chi connectivity index (χ0) is 18.7. The van der Waals surface area contributed by atoms with E-state index in [0.717, 1.165) is 0 Å². The van der Waals surface area contributed by atoms with E-state index in [4.69, 9.17) is 0 Å². The van der Waals surface area contributed by atoms with E-state index in [-0.39, 0.29) is 16.5 Å². The molecule has 26 heavy (non-hydrogen) atoms. The van der Waals surface area contributed by atoms with Gasteiger partial charge in [0.2, 0.25) is 15.9 Å². The molecule has 8 nitrogen and oxygen atoms in total. The quantitative estimate of drug-likeness (QED) is 0.506. The first-order valence-corrected chi connectivity index (χ1v) is 9.10. The second kappa shape index (κ2) is 6.98. The van der Waals surface area contributed by atoms with Crippen molar-refractivity contribution in [1.82, 2.24) is 14.7 Å². The lowest BCUT2D eigenvalue weighted by Crippen LogP contribution is -2.18. The minimum absolute atomic E-state index is 0.149. The van der Waals surface area contributed by atoms with Gasteiger partial charge >= 0.3 is 5.69 Å². The number of H-pyrrole nitrogens is 2. The molecule has 0 fully saturated rings. The maximum absolute atomic E-state index is 12.0. The molecule has 2 aromatic carbocycles. The topological polar surface area (TPSA) is 124 Å². The summed E-state index contributed by atoms with van der Waals surface area (Å²) in [5.74, 6) is -0.353. The van der Waals surface area contributed by atoms with Gasteiger partial charge in [-0.1, -0.05) is 12.1 Å². The highest BCUT2D eigenvalue weighted by Crippen LogP contribution is 2.15. The van der Waals surface area contributed by atoms with E-state index in [1.54, 1.807) is 36.4 Å². The lowest BCUT2D eigenvalue weighted by molar-refractivity contribution is -0.111. The number of aromatic nitrogens is 2. The molecule has 0 spiro atoms. The summed E-state index contributed by atoms with van der Waals surface area (Å²) in [5, 5.41) is 2.69. The molecule has 3 aromatic rings. The van der Waals surface area contributed by atoms with Gasteiger partial charge in [-0.3, -0.25) is 4.79 Å². The fraction of sp³-hybridized carbons (Fsp3) is 0.0588. The molecule has 0 saturated carbocycles. The highest BCUT2D eigenvalue weighted by molar-refractivity contribution is 7.89. The van der Waals surface area contributed by atoms with E-state index in [1.807, 2.05) is 0 Å². The van der Waals surface area contributed by atoms with Crippen LogP contribution in [0.1, 0.15) is 5.56 Å². The van der Waals surface area contributed by atoms with Crippen LogP contribution in [0.3, 0.4) is 0 Å². The van der Waals surface area contributed by atoms with Gasteiger partial charge in [-0.05, 0) is 49.0 Å². The Balaban J connectivity index is 1.69. The molecule has 4 N–H and O–H groups in total. The van der Waals surface area contributed by atoms with Crippen LogP contribution in [0, 0.1) is 0 Å². The summed E-state index contributed by atoms with van der Waals surface area (Å²) >= 11 is 0. The number of carbonyl (C=O) groups excluding carboxylic acids is 1. The summed E-state index contributed by atoms with van der Waals surface area (Å²) in [7, 11) is -2.14. The zero-order valence-corrected chi connectivity index (χ0v) is 14.6. The number of nitrogens with one attached hydrogen (secondary N) is 4. The van der Waals surface area contributed by atoms with Gasteiger partial charge in [-0.2, -0.15) is 0 Å². The molecular weight excluding hydrogens is 356 g/mol. The average Bonchev–Trinajstić information content (AvgIpc) is 2.99. The van der Waals surface area contributed by atoms with Crippen LogP contribution >= 0.6 is 0 Å². The average molecular weight is 372 g/mol. The Bertz CT molecular complexity index is 1140. The Morgan fingerprint density at radius 3 is 2.42 bits per heavy atom. The van der Waals surface area contributed by atoms with Gasteiger partial charge in [0, 0.05) is 11.8 Å². The van der Waals surface area contributed by atoms with Crippen molar-refractivity contribution in [2.75, 3.05) is 12.4 Å². The van der Waals surface area contributed by atoms with Crippen molar-refractivity contribution in [2.24, 2.45) is 0 Å². The number of aromatic amines is 2. The van der Waals surface area contributed by atoms with Gasteiger partial charge in [-0.25, -0.2) is 17.9 Å². The molecule has 0 aliphatic carbocycles. The van der Waals surface area contributed by atoms with E-state index in [2.05, 4.69) is 20.0 Å². The van der Waals surface area contributed by atoms with E-state index in [0.29, 0.717) is 22.3 Å². The van der Waals surface area contributed by atoms with Gasteiger partial charge < -0.3 is 15.3 Å². The molecule has 0 unspecified atom stereocenters. The molecule has 9 heteroatoms. The predicted molar refractivity (Wildman–Crippen MR) is 99.3 cm³/mol. The molecule has 0 aliphatic rings. The predicted octanol–water partition coefficient (Wildman–Crippen LogP) is 1.42. The van der Waals surface area contributed by atoms with Gasteiger partial charge in [0.1, 0.15) is 0 Å². The molecule has 0 saturated heterocycles. The number of benzene rings is 2. The van der Waals surface area contributed by atoms with Gasteiger partial charge in [0.15, 0.2) is 0 Å². The minimum Gasteiger partial charge on any atom is -0.322 e. The molecule has 134 valence electrons. The van der Waals surface area contributed by atoms with Gasteiger partial charge in [-0.15, -0.1) is 0 Å². The molecule has 1 heterocycles. The number of hydrogen-bond donors (Lipinski definition) is 4. The van der Waals surface area contributed by atoms with Crippen LogP contribution in [-0.4, -0.2) is 31.3 Å². The summed E-state index contributed by atoms with van der Waals surface area (Å²) in [5.41, 5.74) is 2.16. The van der Waals surface area contributed by atoms with Crippen molar-refractivity contribution in [2.45, 2.75) is 4.90 Å². The van der Waals surface area contributed by atoms with E-state index in [1.165, 1.54) is 25.3 Å². The van der Waals surface area contributed by atoms with Crippen LogP contribution < -0.4 is 15.7 Å². The Kier molecular flexibility index (Phi) is 4.74. The van der Waals surface area contributed by atoms with Gasteiger partial charge in [0.05, 0.1) is 15.9 Å². The third-order valence-corrected chi connectivity index (χ3v) is 5.10. The number of rotatable bonds is 5. The monoisotopic (exact) mass is 372 g/mol. The number of anilines is 1. The Labute approximate surface area is 149 Å². The van der Waals surface area contributed by atoms with Crippen LogP contribution in [-0.2, 0) is 14.8 Å². The van der Waals surface area contributed by atoms with E-state index >= 15 is 0 Å². The van der Waals surface area contributed by atoms with Crippen LogP contribution in [0.25, 0.3) is 17.1 Å². The Morgan fingerprint density at radius 2 is 1.73 bits per heavy atom. The fourth-order valence-corrected chi connectivity index (χ4v) is 3.07. The zero-order valence-electron chi connectivity index (χ0n) is 13.7. The maximum Gasteiger partial charge on any atom is 0.323 e. The normalized spacial score (nSPS) is 11.9. The van der Waals surface area contributed by atoms with Crippen molar-refractivity contribution in [1.29, 1.82) is 0 Å². The summed E-state index contributed by atoms with van der Waals surface area (Å²) < 4.78 is 25.6. The lowest BCUT2D eigenvalue weighted by Gasteiger charge is -2.03. The van der Waals surface area contributed by atoms with E-state index < -0.39 is 10.0 Å². The van der Waals surface area contributed by atoms with Crippen molar-refractivity contribution in [3.05, 3.63) is 64.6 Å². The van der Waals surface area contributed by atoms with Crippen LogP contribution in [0.5, 0.6) is 0 Å². The standard InChI is InChI=1S/C17H16N4O4S/c1-18-26(24,25)13-6-2-11(3-7-13)4-9-16(22)19-12-5-8-14-15(10-12)21-17(23)20-14/h2-10,18H,1H3,(H,19,22)(H2,20,21,23)/b9-4+. The first-order chi connectivity index (χ1) is 12.4. The molecule has 3 rings (SSSR count). The molecule has 1 amide bonds. The van der Waals surface area contributed by atoms with Gasteiger partial charge in [0.25, 0.3) is 0 Å². The van der Waals surface area contributed by atoms with Crippen molar-refractivity contribution >= 4 is 38.7 Å². The number of fused-ring (bicyclic) bond motifs is 1. The molecule has 0 atom stereocenters. The highest BCUT2D eigenvalue weighted by Gasteiger charge is 2.09. The molecule has 0 radical (unpaired) electrons. The molecule has 1 aromatic heterocycles. The smallest absolute Gasteiger partial charge is 0.322 e. The van der Waals surface area contributed by atoms with Crippen molar-refractivity contribution in [3.63, 3.8) is 0 Å². The summed E-state index contributed by atoms with van der Waals surface area (Å²) in [6, 6.07) is 11.1. The van der Waals surface area contributed by atoms with Crippen LogP contribution in [0.4, 0.5) is 5.69 Å². The number of carbonyl (C=O) groups is 1. The summed E-state index contributed by atoms with van der Waals surface area (Å²) in [4.78, 5) is 28.6. The maximum atomic E-state index is 12.0.